The Morgan fingerprint density at radius 3 is 3.46 bits per heavy atom. The van der Waals surface area contributed by atoms with Crippen LogP contribution in [0, 0.1) is 0 Å². The fourth-order valence-corrected chi connectivity index (χ4v) is 1.48. The molecule has 0 saturated heterocycles. The van der Waals surface area contributed by atoms with Crippen molar-refractivity contribution in [3.8, 4) is 5.75 Å². The molecule has 1 aromatic heterocycles. The van der Waals surface area contributed by atoms with Crippen LogP contribution in [0.1, 0.15) is 18.9 Å². The first kappa shape index (κ1) is 8.51. The van der Waals surface area contributed by atoms with Gasteiger partial charge >= 0.3 is 0 Å². The molecule has 1 atom stereocenters. The molecule has 13 heavy (non-hydrogen) atoms. The van der Waals surface area contributed by atoms with Crippen molar-refractivity contribution in [2.75, 3.05) is 6.54 Å². The molecule has 70 valence electrons. The van der Waals surface area contributed by atoms with Crippen molar-refractivity contribution in [1.29, 1.82) is 0 Å². The smallest absolute Gasteiger partial charge is 0.127 e. The average Bonchev–Trinajstić information content (AvgIpc) is 2.38. The minimum absolute atomic E-state index is 0.295. The van der Waals surface area contributed by atoms with Crippen LogP contribution < -0.4 is 10.1 Å². The summed E-state index contributed by atoms with van der Waals surface area (Å²) in [7, 11) is 0. The largest absolute Gasteiger partial charge is 0.489 e. The lowest BCUT2D eigenvalue weighted by Crippen LogP contribution is -2.27. The number of hydrogen-bond donors (Lipinski definition) is 1. The second-order valence-corrected chi connectivity index (χ2v) is 3.26. The molecule has 0 amide bonds. The Bertz CT molecular complexity index is 288. The first-order chi connectivity index (χ1) is 6.40. The highest BCUT2D eigenvalue weighted by molar-refractivity contribution is 5.30. The second-order valence-electron chi connectivity index (χ2n) is 3.26. The van der Waals surface area contributed by atoms with Gasteiger partial charge in [-0.25, -0.2) is 0 Å². The van der Waals surface area contributed by atoms with Gasteiger partial charge in [-0.1, -0.05) is 6.92 Å². The van der Waals surface area contributed by atoms with Crippen LogP contribution in [-0.4, -0.2) is 17.6 Å². The summed E-state index contributed by atoms with van der Waals surface area (Å²) in [4.78, 5) is 4.07. The third-order valence-corrected chi connectivity index (χ3v) is 2.30. The van der Waals surface area contributed by atoms with Gasteiger partial charge in [-0.15, -0.1) is 0 Å². The summed E-state index contributed by atoms with van der Waals surface area (Å²) in [5.41, 5.74) is 1.15. The van der Waals surface area contributed by atoms with Crippen molar-refractivity contribution in [2.24, 2.45) is 0 Å². The Morgan fingerprint density at radius 2 is 2.62 bits per heavy atom. The summed E-state index contributed by atoms with van der Waals surface area (Å²) in [5.74, 6) is 0.979. The summed E-state index contributed by atoms with van der Waals surface area (Å²) < 4.78 is 5.80. The Hall–Kier alpha value is -1.09. The van der Waals surface area contributed by atoms with Crippen molar-refractivity contribution in [3.05, 3.63) is 24.0 Å². The van der Waals surface area contributed by atoms with Gasteiger partial charge < -0.3 is 10.1 Å². The molecule has 1 aromatic rings. The molecular weight excluding hydrogens is 164 g/mol. The van der Waals surface area contributed by atoms with E-state index < -0.39 is 0 Å². The lowest BCUT2D eigenvalue weighted by atomic mass is 10.2. The molecule has 1 aliphatic rings. The highest BCUT2D eigenvalue weighted by atomic mass is 16.5. The monoisotopic (exact) mass is 178 g/mol. The molecular formula is C10H14N2O. The zero-order valence-corrected chi connectivity index (χ0v) is 7.79. The van der Waals surface area contributed by atoms with Crippen molar-refractivity contribution in [2.45, 2.75) is 26.0 Å². The number of nitrogens with one attached hydrogen (secondary N) is 1. The molecule has 0 aromatic carbocycles. The van der Waals surface area contributed by atoms with Crippen LogP contribution in [0.15, 0.2) is 18.5 Å². The number of pyridine rings is 1. The van der Waals surface area contributed by atoms with E-state index in [0.29, 0.717) is 6.10 Å². The summed E-state index contributed by atoms with van der Waals surface area (Å²) in [6.07, 6.45) is 4.97. The maximum atomic E-state index is 5.80. The molecule has 1 N–H and O–H groups in total. The number of nitrogens with zero attached hydrogens (tertiary/aromatic N) is 1. The first-order valence-electron chi connectivity index (χ1n) is 4.70. The molecule has 1 aliphatic heterocycles. The molecule has 0 aliphatic carbocycles. The van der Waals surface area contributed by atoms with Crippen molar-refractivity contribution in [1.82, 2.24) is 10.3 Å². The molecule has 0 spiro atoms. The summed E-state index contributed by atoms with van der Waals surface area (Å²) in [6, 6.07) is 1.94. The van der Waals surface area contributed by atoms with E-state index in [0.717, 1.165) is 30.8 Å². The lowest BCUT2D eigenvalue weighted by molar-refractivity contribution is 0.202. The molecule has 0 bridgehead atoms. The summed E-state index contributed by atoms with van der Waals surface area (Å²) in [5, 5.41) is 3.34. The van der Waals surface area contributed by atoms with E-state index in [2.05, 4.69) is 17.2 Å². The molecule has 3 nitrogen and oxygen atoms in total. The number of ether oxygens (including phenoxy) is 1. The maximum Gasteiger partial charge on any atom is 0.127 e. The minimum Gasteiger partial charge on any atom is -0.489 e. The second kappa shape index (κ2) is 3.75. The molecule has 1 unspecified atom stereocenters. The van der Waals surface area contributed by atoms with E-state index >= 15 is 0 Å². The third kappa shape index (κ3) is 1.80. The Morgan fingerprint density at radius 1 is 1.69 bits per heavy atom. The molecule has 0 fully saturated rings. The topological polar surface area (TPSA) is 34.2 Å². The van der Waals surface area contributed by atoms with Crippen LogP contribution in [0.5, 0.6) is 5.75 Å². The standard InChI is InChI=1S/C10H14N2O/c1-2-9-7-12-6-8-5-11-4-3-10(8)13-9/h3-5,9,12H,2,6-7H2,1H3. The minimum atomic E-state index is 0.295. The third-order valence-electron chi connectivity index (χ3n) is 2.30. The van der Waals surface area contributed by atoms with E-state index in [1.807, 2.05) is 12.3 Å². The van der Waals surface area contributed by atoms with Gasteiger partial charge in [0.05, 0.1) is 0 Å². The SMILES string of the molecule is CCC1CNCc2cnccc2O1. The van der Waals surface area contributed by atoms with Gasteiger partial charge in [-0.05, 0) is 12.5 Å². The number of fused-ring (bicyclic) bond motifs is 1. The summed E-state index contributed by atoms with van der Waals surface area (Å²) >= 11 is 0. The fourth-order valence-electron chi connectivity index (χ4n) is 1.48. The van der Waals surface area contributed by atoms with Gasteiger partial charge in [0.1, 0.15) is 11.9 Å². The van der Waals surface area contributed by atoms with E-state index in [-0.39, 0.29) is 0 Å². The molecule has 3 heteroatoms. The van der Waals surface area contributed by atoms with Crippen LogP contribution >= 0.6 is 0 Å². The molecule has 2 heterocycles. The van der Waals surface area contributed by atoms with Crippen molar-refractivity contribution >= 4 is 0 Å². The highest BCUT2D eigenvalue weighted by Gasteiger charge is 2.14. The van der Waals surface area contributed by atoms with Crippen LogP contribution in [0.2, 0.25) is 0 Å². The van der Waals surface area contributed by atoms with Gasteiger partial charge in [0, 0.05) is 31.0 Å². The Balaban J connectivity index is 2.23. The molecule has 0 saturated carbocycles. The average molecular weight is 178 g/mol. The highest BCUT2D eigenvalue weighted by Crippen LogP contribution is 2.20. The maximum absolute atomic E-state index is 5.80. The summed E-state index contributed by atoms with van der Waals surface area (Å²) in [6.45, 7) is 3.92. The normalized spacial score (nSPS) is 21.5. The van der Waals surface area contributed by atoms with Gasteiger partial charge in [-0.3, -0.25) is 4.98 Å². The fraction of sp³-hybridized carbons (Fsp3) is 0.500. The quantitative estimate of drug-likeness (QED) is 0.704. The van der Waals surface area contributed by atoms with Crippen LogP contribution in [0.25, 0.3) is 0 Å². The van der Waals surface area contributed by atoms with Crippen LogP contribution in [-0.2, 0) is 6.54 Å². The Labute approximate surface area is 78.1 Å². The Kier molecular flexibility index (Phi) is 2.45. The van der Waals surface area contributed by atoms with Crippen molar-refractivity contribution < 1.29 is 4.74 Å². The molecule has 2 rings (SSSR count). The zero-order valence-electron chi connectivity index (χ0n) is 7.79. The lowest BCUT2D eigenvalue weighted by Gasteiger charge is -2.14. The first-order valence-corrected chi connectivity index (χ1v) is 4.70. The van der Waals surface area contributed by atoms with Crippen LogP contribution in [0.4, 0.5) is 0 Å². The predicted molar refractivity (Wildman–Crippen MR) is 50.7 cm³/mol. The van der Waals surface area contributed by atoms with E-state index in [1.165, 1.54) is 0 Å². The zero-order chi connectivity index (χ0) is 9.10. The molecule has 0 radical (unpaired) electrons. The van der Waals surface area contributed by atoms with Gasteiger partial charge in [-0.2, -0.15) is 0 Å². The number of hydrogen-bond acceptors (Lipinski definition) is 3. The van der Waals surface area contributed by atoms with Crippen LogP contribution in [0.3, 0.4) is 0 Å². The predicted octanol–water partition coefficient (Wildman–Crippen LogP) is 1.34. The number of rotatable bonds is 1. The van der Waals surface area contributed by atoms with Gasteiger partial charge in [0.2, 0.25) is 0 Å². The van der Waals surface area contributed by atoms with E-state index in [1.54, 1.807) is 6.20 Å². The van der Waals surface area contributed by atoms with Crippen molar-refractivity contribution in [3.63, 3.8) is 0 Å². The van der Waals surface area contributed by atoms with Gasteiger partial charge in [0.15, 0.2) is 0 Å². The number of aromatic nitrogens is 1. The van der Waals surface area contributed by atoms with Gasteiger partial charge in [0.25, 0.3) is 0 Å². The van der Waals surface area contributed by atoms with E-state index in [9.17, 15) is 0 Å². The van der Waals surface area contributed by atoms with E-state index in [4.69, 9.17) is 4.74 Å².